The molecule has 1 aliphatic carbocycles. The maximum absolute atomic E-state index is 11.6. The molecule has 0 spiro atoms. The summed E-state index contributed by atoms with van der Waals surface area (Å²) in [4.78, 5) is 4.54. The molecule has 3 N–H and O–H groups in total. The Morgan fingerprint density at radius 1 is 1.25 bits per heavy atom. The largest absolute Gasteiger partial charge is 0.491 e. The molecule has 0 radical (unpaired) electrons. The van der Waals surface area contributed by atoms with E-state index in [1.165, 1.54) is 6.26 Å². The minimum atomic E-state index is -3.01. The number of sulfone groups is 1. The lowest BCUT2D eigenvalue weighted by molar-refractivity contribution is 0.180. The van der Waals surface area contributed by atoms with Gasteiger partial charge in [-0.2, -0.15) is 0 Å². The van der Waals surface area contributed by atoms with E-state index in [1.807, 2.05) is 45.0 Å². The van der Waals surface area contributed by atoms with Gasteiger partial charge in [0.1, 0.15) is 15.6 Å². The molecule has 0 aromatic heterocycles. The third-order valence-electron chi connectivity index (χ3n) is 4.54. The second kappa shape index (κ2) is 9.60. The van der Waals surface area contributed by atoms with Gasteiger partial charge in [-0.05, 0) is 51.3 Å². The fourth-order valence-electron chi connectivity index (χ4n) is 3.02. The van der Waals surface area contributed by atoms with E-state index < -0.39 is 15.9 Å². The maximum Gasteiger partial charge on any atom is 0.191 e. The first-order valence-corrected chi connectivity index (χ1v) is 11.8. The fraction of sp³-hybridized carbons (Fsp3) is 0.650. The topological polar surface area (TPSA) is 100 Å². The predicted molar refractivity (Wildman–Crippen MR) is 113 cm³/mol. The summed E-state index contributed by atoms with van der Waals surface area (Å²) in [6, 6.07) is 7.39. The molecular weight excluding hydrogens is 378 g/mol. The van der Waals surface area contributed by atoms with Crippen LogP contribution in [0.5, 0.6) is 5.75 Å². The van der Waals surface area contributed by atoms with Gasteiger partial charge in [0.05, 0.1) is 18.0 Å². The Morgan fingerprint density at radius 3 is 2.39 bits per heavy atom. The molecule has 1 saturated carbocycles. The van der Waals surface area contributed by atoms with Gasteiger partial charge in [0.2, 0.25) is 0 Å². The highest BCUT2D eigenvalue weighted by Gasteiger charge is 2.45. The molecule has 158 valence electrons. The van der Waals surface area contributed by atoms with Crippen molar-refractivity contribution in [2.45, 2.75) is 45.8 Å². The number of aliphatic imine (C=N–C) groups is 1. The summed E-state index contributed by atoms with van der Waals surface area (Å²) in [5.74, 6) is 1.53. The van der Waals surface area contributed by atoms with Gasteiger partial charge in [-0.3, -0.25) is 4.99 Å². The number of guanidine groups is 1. The van der Waals surface area contributed by atoms with E-state index in [9.17, 15) is 13.5 Å². The number of nitrogens with one attached hydrogen (secondary N) is 2. The second-order valence-corrected chi connectivity index (χ2v) is 10.0. The zero-order chi connectivity index (χ0) is 20.8. The lowest BCUT2D eigenvalue weighted by atomic mass is 10.1. The van der Waals surface area contributed by atoms with Crippen LogP contribution in [0.25, 0.3) is 0 Å². The van der Waals surface area contributed by atoms with Crippen LogP contribution >= 0.6 is 0 Å². The van der Waals surface area contributed by atoms with Crippen LogP contribution in [0.4, 0.5) is 0 Å². The number of benzene rings is 1. The Kier molecular flexibility index (Phi) is 7.71. The number of aliphatic hydroxyl groups excluding tert-OH is 1. The second-order valence-electron chi connectivity index (χ2n) is 7.90. The van der Waals surface area contributed by atoms with Crippen LogP contribution in [-0.2, 0) is 9.84 Å². The van der Waals surface area contributed by atoms with Crippen molar-refractivity contribution in [1.82, 2.24) is 10.6 Å². The fourth-order valence-corrected chi connectivity index (χ4v) is 4.51. The molecule has 1 fully saturated rings. The molecule has 0 saturated heterocycles. The number of hydrogen-bond acceptors (Lipinski definition) is 5. The highest BCUT2D eigenvalue weighted by molar-refractivity contribution is 7.90. The normalized spacial score (nSPS) is 17.3. The molecule has 0 bridgehead atoms. The molecule has 28 heavy (non-hydrogen) atoms. The van der Waals surface area contributed by atoms with Crippen molar-refractivity contribution in [3.63, 3.8) is 0 Å². The Hall–Kier alpha value is -1.80. The third kappa shape index (κ3) is 7.67. The Labute approximate surface area is 168 Å². The molecule has 1 aliphatic rings. The van der Waals surface area contributed by atoms with E-state index in [1.54, 1.807) is 0 Å². The zero-order valence-electron chi connectivity index (χ0n) is 17.2. The van der Waals surface area contributed by atoms with E-state index in [2.05, 4.69) is 15.6 Å². The minimum absolute atomic E-state index is 0.105. The molecule has 0 amide bonds. The number of rotatable bonds is 10. The van der Waals surface area contributed by atoms with Gasteiger partial charge in [0, 0.05) is 31.3 Å². The molecule has 1 unspecified atom stereocenters. The summed E-state index contributed by atoms with van der Waals surface area (Å²) in [5, 5.41) is 16.7. The Bertz CT molecular complexity index is 756. The van der Waals surface area contributed by atoms with Crippen LogP contribution in [0.2, 0.25) is 0 Å². The molecule has 0 heterocycles. The van der Waals surface area contributed by atoms with E-state index in [0.717, 1.165) is 24.2 Å². The van der Waals surface area contributed by atoms with E-state index in [-0.39, 0.29) is 17.3 Å². The van der Waals surface area contributed by atoms with Gasteiger partial charge in [-0.25, -0.2) is 8.42 Å². The van der Waals surface area contributed by atoms with Crippen molar-refractivity contribution in [2.24, 2.45) is 10.4 Å². The SMILES string of the molecule is CCNC(=NCC1(CS(C)(=O)=O)CC1)NCC(O)c1ccc(OC(C)C)cc1. The van der Waals surface area contributed by atoms with Gasteiger partial charge in [-0.1, -0.05) is 12.1 Å². The quantitative estimate of drug-likeness (QED) is 0.402. The molecule has 1 aromatic carbocycles. The van der Waals surface area contributed by atoms with Crippen molar-refractivity contribution in [3.05, 3.63) is 29.8 Å². The molecule has 1 atom stereocenters. The van der Waals surface area contributed by atoms with Crippen LogP contribution in [0.3, 0.4) is 0 Å². The number of aliphatic hydroxyl groups is 1. The number of nitrogens with zero attached hydrogens (tertiary/aromatic N) is 1. The van der Waals surface area contributed by atoms with Crippen molar-refractivity contribution >= 4 is 15.8 Å². The highest BCUT2D eigenvalue weighted by atomic mass is 32.2. The Morgan fingerprint density at radius 2 is 1.89 bits per heavy atom. The molecule has 7 nitrogen and oxygen atoms in total. The summed E-state index contributed by atoms with van der Waals surface area (Å²) in [6.07, 6.45) is 2.46. The minimum Gasteiger partial charge on any atom is -0.491 e. The summed E-state index contributed by atoms with van der Waals surface area (Å²) in [5.41, 5.74) is 0.566. The van der Waals surface area contributed by atoms with Gasteiger partial charge in [0.15, 0.2) is 5.96 Å². The summed E-state index contributed by atoms with van der Waals surface area (Å²) in [6.45, 7) is 7.35. The molecule has 2 rings (SSSR count). The van der Waals surface area contributed by atoms with Gasteiger partial charge >= 0.3 is 0 Å². The summed E-state index contributed by atoms with van der Waals surface area (Å²) < 4.78 is 28.8. The maximum atomic E-state index is 11.6. The van der Waals surface area contributed by atoms with Crippen LogP contribution in [0.15, 0.2) is 29.3 Å². The first-order valence-electron chi connectivity index (χ1n) is 9.77. The van der Waals surface area contributed by atoms with Gasteiger partial charge in [0.25, 0.3) is 0 Å². The van der Waals surface area contributed by atoms with Crippen molar-refractivity contribution in [1.29, 1.82) is 0 Å². The van der Waals surface area contributed by atoms with Crippen molar-refractivity contribution in [2.75, 3.05) is 31.6 Å². The van der Waals surface area contributed by atoms with Gasteiger partial charge in [-0.15, -0.1) is 0 Å². The lowest BCUT2D eigenvalue weighted by Gasteiger charge is -2.17. The van der Waals surface area contributed by atoms with Crippen LogP contribution in [0, 0.1) is 5.41 Å². The van der Waals surface area contributed by atoms with Crippen LogP contribution in [-0.4, -0.2) is 57.2 Å². The first kappa shape index (κ1) is 22.5. The van der Waals surface area contributed by atoms with Gasteiger partial charge < -0.3 is 20.5 Å². The standard InChI is InChI=1S/C20H33N3O4S/c1-5-21-19(23-13-20(10-11-20)14-28(4,25)26)22-12-18(24)16-6-8-17(9-7-16)27-15(2)3/h6-9,15,18,24H,5,10-14H2,1-4H3,(H2,21,22,23). The predicted octanol–water partition coefficient (Wildman–Crippen LogP) is 1.89. The number of ether oxygens (including phenoxy) is 1. The zero-order valence-corrected chi connectivity index (χ0v) is 18.1. The summed E-state index contributed by atoms with van der Waals surface area (Å²) in [7, 11) is -3.01. The summed E-state index contributed by atoms with van der Waals surface area (Å²) >= 11 is 0. The number of hydrogen-bond donors (Lipinski definition) is 3. The van der Waals surface area contributed by atoms with E-state index in [0.29, 0.717) is 25.6 Å². The Balaban J connectivity index is 1.91. The smallest absolute Gasteiger partial charge is 0.191 e. The van der Waals surface area contributed by atoms with Crippen molar-refractivity contribution < 1.29 is 18.3 Å². The molecule has 0 aliphatic heterocycles. The van der Waals surface area contributed by atoms with Crippen LogP contribution in [0.1, 0.15) is 45.3 Å². The third-order valence-corrected chi connectivity index (χ3v) is 5.68. The lowest BCUT2D eigenvalue weighted by Crippen LogP contribution is -2.40. The first-order chi connectivity index (χ1) is 13.1. The van der Waals surface area contributed by atoms with Crippen LogP contribution < -0.4 is 15.4 Å². The average molecular weight is 412 g/mol. The van der Waals surface area contributed by atoms with E-state index in [4.69, 9.17) is 4.74 Å². The average Bonchev–Trinajstić information content (AvgIpc) is 3.35. The van der Waals surface area contributed by atoms with E-state index >= 15 is 0 Å². The molecule has 8 heteroatoms. The monoisotopic (exact) mass is 411 g/mol. The molecular formula is C20H33N3O4S. The van der Waals surface area contributed by atoms with Crippen molar-refractivity contribution in [3.8, 4) is 5.75 Å². The molecule has 1 aromatic rings. The highest BCUT2D eigenvalue weighted by Crippen LogP contribution is 2.46.